The Kier molecular flexibility index (Phi) is 11.3. The summed E-state index contributed by atoms with van der Waals surface area (Å²) in [5.74, 6) is -2.01. The predicted octanol–water partition coefficient (Wildman–Crippen LogP) is 7.86. The van der Waals surface area contributed by atoms with E-state index in [1.165, 1.54) is 35.9 Å². The number of hydrogen-bond acceptors (Lipinski definition) is 8. The van der Waals surface area contributed by atoms with Crippen molar-refractivity contribution >= 4 is 32.7 Å². The second-order valence-corrected chi connectivity index (χ2v) is 17.7. The highest BCUT2D eigenvalue weighted by molar-refractivity contribution is 7.91. The first-order valence-electron chi connectivity index (χ1n) is 18.6. The third kappa shape index (κ3) is 8.66. The van der Waals surface area contributed by atoms with Crippen LogP contribution in [0.4, 0.5) is 8.78 Å². The van der Waals surface area contributed by atoms with Gasteiger partial charge < -0.3 is 14.5 Å². The Morgan fingerprint density at radius 1 is 1.04 bits per heavy atom. The molecule has 6 rings (SSSR count). The molecule has 13 heteroatoms. The third-order valence-corrected chi connectivity index (χ3v) is 12.6. The van der Waals surface area contributed by atoms with Gasteiger partial charge in [-0.25, -0.2) is 26.9 Å². The Labute approximate surface area is 320 Å². The Morgan fingerprint density at radius 3 is 2.56 bits per heavy atom. The van der Waals surface area contributed by atoms with Gasteiger partial charge in [0.05, 0.1) is 29.1 Å². The van der Waals surface area contributed by atoms with Crippen molar-refractivity contribution in [2.24, 2.45) is 12.5 Å². The molecule has 0 radical (unpaired) electrons. The van der Waals surface area contributed by atoms with Crippen molar-refractivity contribution in [1.29, 1.82) is 0 Å². The van der Waals surface area contributed by atoms with Crippen molar-refractivity contribution in [2.45, 2.75) is 84.7 Å². The van der Waals surface area contributed by atoms with Crippen molar-refractivity contribution < 1.29 is 36.3 Å². The molecule has 1 aliphatic heterocycles. The maximum Gasteiger partial charge on any atom is 0.306 e. The van der Waals surface area contributed by atoms with Gasteiger partial charge in [-0.15, -0.1) is 0 Å². The summed E-state index contributed by atoms with van der Waals surface area (Å²) in [5, 5.41) is 5.45. The van der Waals surface area contributed by atoms with E-state index in [0.717, 1.165) is 11.1 Å². The molecule has 0 aliphatic carbocycles. The van der Waals surface area contributed by atoms with E-state index in [-0.39, 0.29) is 52.8 Å². The van der Waals surface area contributed by atoms with Crippen LogP contribution in [0, 0.1) is 17.0 Å². The van der Waals surface area contributed by atoms with E-state index >= 15 is 8.78 Å². The number of H-pyrrole nitrogens is 1. The molecule has 0 amide bonds. The van der Waals surface area contributed by atoms with Gasteiger partial charge in [0.15, 0.2) is 27.6 Å². The zero-order valence-corrected chi connectivity index (χ0v) is 33.0. The minimum absolute atomic E-state index is 0.00417. The van der Waals surface area contributed by atoms with E-state index in [0.29, 0.717) is 54.6 Å². The van der Waals surface area contributed by atoms with Crippen molar-refractivity contribution in [3.05, 3.63) is 106 Å². The number of carbonyl (C=O) groups is 2. The molecule has 0 saturated heterocycles. The number of nitrogens with one attached hydrogen (secondary N) is 1. The average Bonchev–Trinajstić information content (AvgIpc) is 3.75. The monoisotopic (exact) mass is 774 g/mol. The number of nitrogens with zero attached hydrogens (tertiary/aromatic N) is 3. The highest BCUT2D eigenvalue weighted by atomic mass is 32.2. The molecule has 3 aromatic carbocycles. The standard InChI is InChI=1S/C42H48F2N4O6S/c1-7-53-36(50)15-12-27-10-8-11-29(22-27)42(5)19-9-18-41(3,4)25-55(51,52)21-17-31-30-16-20-45-35(30)24-34(44)37(31)38(54-26(2)49)28-13-14-33(43)32(23-28)39-46-40(42)47-48(39)6/h8,10-11,13-14,16,20,22-24,38,45H,7,9,12,15,17-19,21,25H2,1-6H3. The Hall–Kier alpha value is -4.91. The Balaban J connectivity index is 1.54. The summed E-state index contributed by atoms with van der Waals surface area (Å²) >= 11 is 0. The fraction of sp³-hybridized carbons (Fsp3) is 0.429. The lowest BCUT2D eigenvalue weighted by molar-refractivity contribution is -0.145. The number of esters is 2. The molecular weight excluding hydrogens is 727 g/mol. The molecule has 5 aromatic rings. The number of aromatic amines is 1. The maximum absolute atomic E-state index is 16.3. The van der Waals surface area contributed by atoms with Crippen LogP contribution in [0.1, 0.15) is 100 Å². The largest absolute Gasteiger partial charge is 0.466 e. The summed E-state index contributed by atoms with van der Waals surface area (Å²) in [6, 6.07) is 15.0. The van der Waals surface area contributed by atoms with Crippen molar-refractivity contribution in [1.82, 2.24) is 19.7 Å². The van der Waals surface area contributed by atoms with Crippen LogP contribution < -0.4 is 0 Å². The molecule has 10 nitrogen and oxygen atoms in total. The van der Waals surface area contributed by atoms with E-state index in [1.54, 1.807) is 26.2 Å². The number of aromatic nitrogens is 4. The first-order valence-corrected chi connectivity index (χ1v) is 20.4. The molecular formula is C42H48F2N4O6S. The van der Waals surface area contributed by atoms with E-state index < -0.39 is 44.4 Å². The minimum atomic E-state index is -3.68. The van der Waals surface area contributed by atoms with Gasteiger partial charge in [-0.2, -0.15) is 5.10 Å². The Morgan fingerprint density at radius 2 is 1.82 bits per heavy atom. The predicted molar refractivity (Wildman–Crippen MR) is 206 cm³/mol. The fourth-order valence-electron chi connectivity index (χ4n) is 7.85. The zero-order chi connectivity index (χ0) is 39.7. The molecule has 55 heavy (non-hydrogen) atoms. The smallest absolute Gasteiger partial charge is 0.306 e. The quantitative estimate of drug-likeness (QED) is 0.173. The van der Waals surface area contributed by atoms with E-state index in [9.17, 15) is 18.0 Å². The molecule has 4 bridgehead atoms. The fourth-order valence-corrected chi connectivity index (χ4v) is 9.85. The molecule has 2 atom stereocenters. The molecule has 2 unspecified atom stereocenters. The highest BCUT2D eigenvalue weighted by Gasteiger charge is 2.37. The summed E-state index contributed by atoms with van der Waals surface area (Å²) < 4.78 is 72.5. The van der Waals surface area contributed by atoms with Crippen LogP contribution >= 0.6 is 0 Å². The van der Waals surface area contributed by atoms with Crippen LogP contribution in [0.5, 0.6) is 0 Å². The van der Waals surface area contributed by atoms with Crippen molar-refractivity contribution in [3.8, 4) is 11.4 Å². The number of hydrogen-bond donors (Lipinski definition) is 1. The van der Waals surface area contributed by atoms with Crippen LogP contribution in [-0.2, 0) is 54.2 Å². The summed E-state index contributed by atoms with van der Waals surface area (Å²) in [4.78, 5) is 32.8. The van der Waals surface area contributed by atoms with Gasteiger partial charge in [-0.3, -0.25) is 9.59 Å². The molecule has 0 saturated carbocycles. The molecule has 3 heterocycles. The summed E-state index contributed by atoms with van der Waals surface area (Å²) in [6.07, 6.45) is 2.67. The lowest BCUT2D eigenvalue weighted by Gasteiger charge is -2.31. The van der Waals surface area contributed by atoms with Gasteiger partial charge in [-0.05, 0) is 91.5 Å². The van der Waals surface area contributed by atoms with Gasteiger partial charge in [0.2, 0.25) is 0 Å². The second kappa shape index (κ2) is 15.7. The molecule has 292 valence electrons. The molecule has 0 spiro atoms. The van der Waals surface area contributed by atoms with Crippen LogP contribution in [-0.4, -0.2) is 58.2 Å². The number of halogens is 2. The molecule has 1 aliphatic rings. The maximum atomic E-state index is 16.3. The number of carbonyl (C=O) groups excluding carboxylic acids is 2. The lowest BCUT2D eigenvalue weighted by Crippen LogP contribution is -2.29. The number of aryl methyl sites for hydroxylation is 3. The second-order valence-electron chi connectivity index (χ2n) is 15.5. The summed E-state index contributed by atoms with van der Waals surface area (Å²) in [6.45, 7) is 9.15. The number of rotatable bonds is 6. The van der Waals surface area contributed by atoms with Crippen molar-refractivity contribution in [3.63, 3.8) is 0 Å². The van der Waals surface area contributed by atoms with E-state index in [4.69, 9.17) is 19.6 Å². The highest BCUT2D eigenvalue weighted by Crippen LogP contribution is 2.41. The summed E-state index contributed by atoms with van der Waals surface area (Å²) in [5.41, 5.74) is 1.58. The van der Waals surface area contributed by atoms with Gasteiger partial charge in [0, 0.05) is 43.1 Å². The van der Waals surface area contributed by atoms with Crippen LogP contribution in [0.2, 0.25) is 0 Å². The van der Waals surface area contributed by atoms with Gasteiger partial charge in [0.25, 0.3) is 0 Å². The molecule has 0 fully saturated rings. The first-order chi connectivity index (χ1) is 26.0. The van der Waals surface area contributed by atoms with E-state index in [1.807, 2.05) is 45.0 Å². The summed E-state index contributed by atoms with van der Waals surface area (Å²) in [7, 11) is -2.00. The topological polar surface area (TPSA) is 133 Å². The van der Waals surface area contributed by atoms with Crippen LogP contribution in [0.3, 0.4) is 0 Å². The zero-order valence-electron chi connectivity index (χ0n) is 32.2. The van der Waals surface area contributed by atoms with Crippen molar-refractivity contribution in [2.75, 3.05) is 18.1 Å². The third-order valence-electron chi connectivity index (χ3n) is 10.6. The Bertz CT molecular complexity index is 2350. The molecule has 2 aromatic heterocycles. The SMILES string of the molecule is CCOC(=O)CCc1cccc(C2(C)CCCC(C)(C)CS(=O)(=O)CCc3c(c(F)cc4[nH]ccc34)C(OC(C)=O)c3ccc(F)c(c3)-c3nc2nn3C)c1. The number of sulfone groups is 1. The van der Waals surface area contributed by atoms with Gasteiger partial charge in [0.1, 0.15) is 11.6 Å². The van der Waals surface area contributed by atoms with Gasteiger partial charge in [-0.1, -0.05) is 50.6 Å². The number of benzene rings is 3. The first kappa shape index (κ1) is 39.8. The lowest BCUT2D eigenvalue weighted by atomic mass is 9.75. The van der Waals surface area contributed by atoms with Gasteiger partial charge >= 0.3 is 11.9 Å². The molecule has 1 N–H and O–H groups in total. The van der Waals surface area contributed by atoms with Crippen LogP contribution in [0.25, 0.3) is 22.3 Å². The minimum Gasteiger partial charge on any atom is -0.466 e. The average molecular weight is 775 g/mol. The van der Waals surface area contributed by atoms with Crippen LogP contribution in [0.15, 0.2) is 60.8 Å². The number of fused-ring (bicyclic) bond motifs is 8. The normalized spacial score (nSPS) is 19.9. The van der Waals surface area contributed by atoms with E-state index in [2.05, 4.69) is 4.98 Å². The number of ether oxygens (including phenoxy) is 2.